The second-order valence-corrected chi connectivity index (χ2v) is 8.56. The molecule has 2 aliphatic heterocycles. The molecule has 0 N–H and O–H groups in total. The molecule has 1 amide bonds. The Labute approximate surface area is 183 Å². The van der Waals surface area contributed by atoms with Crippen molar-refractivity contribution in [3.63, 3.8) is 0 Å². The number of carbonyl (C=O) groups is 2. The van der Waals surface area contributed by atoms with Crippen molar-refractivity contribution in [2.45, 2.75) is 26.3 Å². The standard InChI is InChI=1S/C25H21NO6/c1-13-7-21(27)32-20-10-15(5-6-17(13)20)31-12-14-11-25(2,3)26-22-18(14)8-16(30-4)9-19(22)23(28)24(26)29/h5-11H,12H2,1-4H3. The minimum absolute atomic E-state index is 0.195. The molecule has 2 aromatic carbocycles. The average molecular weight is 431 g/mol. The van der Waals surface area contributed by atoms with Crippen molar-refractivity contribution < 1.29 is 23.5 Å². The third-order valence-electron chi connectivity index (χ3n) is 5.95. The summed E-state index contributed by atoms with van der Waals surface area (Å²) in [5, 5.41) is 0.841. The Morgan fingerprint density at radius 1 is 1.00 bits per heavy atom. The van der Waals surface area contributed by atoms with Crippen LogP contribution in [-0.4, -0.2) is 30.9 Å². The van der Waals surface area contributed by atoms with Crippen molar-refractivity contribution in [2.24, 2.45) is 0 Å². The lowest BCUT2D eigenvalue weighted by atomic mass is 9.88. The molecule has 0 aliphatic carbocycles. The van der Waals surface area contributed by atoms with Crippen molar-refractivity contribution in [3.8, 4) is 11.5 Å². The summed E-state index contributed by atoms with van der Waals surface area (Å²) in [5.74, 6) is -0.0474. The monoisotopic (exact) mass is 431 g/mol. The number of aryl methyl sites for hydroxylation is 1. The number of carbonyl (C=O) groups excluding carboxylic acids is 2. The van der Waals surface area contributed by atoms with Crippen molar-refractivity contribution >= 4 is 33.9 Å². The molecule has 3 aromatic rings. The predicted octanol–water partition coefficient (Wildman–Crippen LogP) is 3.89. The van der Waals surface area contributed by atoms with Crippen LogP contribution in [0.25, 0.3) is 16.5 Å². The summed E-state index contributed by atoms with van der Waals surface area (Å²) in [4.78, 5) is 38.6. The van der Waals surface area contributed by atoms with E-state index < -0.39 is 22.9 Å². The highest BCUT2D eigenvalue weighted by Gasteiger charge is 2.47. The van der Waals surface area contributed by atoms with E-state index >= 15 is 0 Å². The van der Waals surface area contributed by atoms with Gasteiger partial charge in [-0.1, -0.05) is 6.08 Å². The lowest BCUT2D eigenvalue weighted by Crippen LogP contribution is -2.48. The van der Waals surface area contributed by atoms with Crippen LogP contribution in [0.2, 0.25) is 0 Å². The normalized spacial score (nSPS) is 16.2. The van der Waals surface area contributed by atoms with Crippen LogP contribution in [0.15, 0.2) is 51.7 Å². The third-order valence-corrected chi connectivity index (χ3v) is 5.95. The zero-order chi connectivity index (χ0) is 22.8. The molecule has 7 heteroatoms. The van der Waals surface area contributed by atoms with Gasteiger partial charge in [0.05, 0.1) is 23.9 Å². The molecular formula is C25H21NO6. The van der Waals surface area contributed by atoms with Crippen molar-refractivity contribution in [3.05, 3.63) is 69.6 Å². The van der Waals surface area contributed by atoms with E-state index in [1.54, 1.807) is 12.1 Å². The van der Waals surface area contributed by atoms with Gasteiger partial charge >= 0.3 is 5.63 Å². The van der Waals surface area contributed by atoms with E-state index in [9.17, 15) is 14.4 Å². The first-order valence-electron chi connectivity index (χ1n) is 10.2. The molecular weight excluding hydrogens is 410 g/mol. The summed E-state index contributed by atoms with van der Waals surface area (Å²) >= 11 is 0. The van der Waals surface area contributed by atoms with Crippen molar-refractivity contribution in [1.29, 1.82) is 0 Å². The molecule has 0 fully saturated rings. The fraction of sp³-hybridized carbons (Fsp3) is 0.240. The molecule has 0 saturated heterocycles. The number of hydrogen-bond acceptors (Lipinski definition) is 6. The average Bonchev–Trinajstić information content (AvgIpc) is 3.00. The Hall–Kier alpha value is -3.87. The molecule has 0 saturated carbocycles. The molecule has 0 radical (unpaired) electrons. The van der Waals surface area contributed by atoms with Gasteiger partial charge in [-0.25, -0.2) is 4.79 Å². The number of methoxy groups -OCH3 is 1. The van der Waals surface area contributed by atoms with Gasteiger partial charge in [-0.05, 0) is 56.2 Å². The smallest absolute Gasteiger partial charge is 0.336 e. The first-order chi connectivity index (χ1) is 15.2. The SMILES string of the molecule is COc1cc2c3c(c1)C(COc1ccc4c(C)cc(=O)oc4c1)=CC(C)(C)N3C(=O)C2=O. The molecule has 162 valence electrons. The van der Waals surface area contributed by atoms with Crippen LogP contribution in [0.5, 0.6) is 11.5 Å². The zero-order valence-corrected chi connectivity index (χ0v) is 18.1. The second-order valence-electron chi connectivity index (χ2n) is 8.56. The summed E-state index contributed by atoms with van der Waals surface area (Å²) < 4.78 is 16.7. The van der Waals surface area contributed by atoms with Gasteiger partial charge < -0.3 is 13.9 Å². The van der Waals surface area contributed by atoms with E-state index in [1.807, 2.05) is 45.0 Å². The Bertz CT molecular complexity index is 1410. The van der Waals surface area contributed by atoms with Gasteiger partial charge in [0.15, 0.2) is 0 Å². The van der Waals surface area contributed by atoms with E-state index in [0.717, 1.165) is 22.1 Å². The van der Waals surface area contributed by atoms with Gasteiger partial charge in [0.1, 0.15) is 23.7 Å². The maximum atomic E-state index is 12.7. The van der Waals surface area contributed by atoms with Crippen LogP contribution >= 0.6 is 0 Å². The molecule has 1 aromatic heterocycles. The number of Topliss-reactive ketones (excluding diaryl/α,β-unsaturated/α-hetero) is 1. The number of benzene rings is 2. The zero-order valence-electron chi connectivity index (χ0n) is 18.1. The lowest BCUT2D eigenvalue weighted by Gasteiger charge is -2.38. The first-order valence-corrected chi connectivity index (χ1v) is 10.2. The Balaban J connectivity index is 1.55. The molecule has 3 heterocycles. The topological polar surface area (TPSA) is 86.1 Å². The minimum Gasteiger partial charge on any atom is -0.497 e. The van der Waals surface area contributed by atoms with Gasteiger partial charge in [0, 0.05) is 23.1 Å². The van der Waals surface area contributed by atoms with Gasteiger partial charge in [-0.3, -0.25) is 14.5 Å². The van der Waals surface area contributed by atoms with Crippen LogP contribution in [0, 0.1) is 6.92 Å². The Kier molecular flexibility index (Phi) is 4.27. The number of ketones is 1. The summed E-state index contributed by atoms with van der Waals surface area (Å²) in [7, 11) is 1.52. The molecule has 32 heavy (non-hydrogen) atoms. The van der Waals surface area contributed by atoms with Crippen molar-refractivity contribution in [2.75, 3.05) is 18.6 Å². The van der Waals surface area contributed by atoms with Gasteiger partial charge in [0.25, 0.3) is 11.7 Å². The highest BCUT2D eigenvalue weighted by molar-refractivity contribution is 6.53. The molecule has 5 rings (SSSR count). The number of fused-ring (bicyclic) bond motifs is 1. The second kappa shape index (κ2) is 6.82. The lowest BCUT2D eigenvalue weighted by molar-refractivity contribution is -0.115. The van der Waals surface area contributed by atoms with Crippen LogP contribution in [-0.2, 0) is 4.79 Å². The van der Waals surface area contributed by atoms with E-state index in [1.165, 1.54) is 18.1 Å². The predicted molar refractivity (Wildman–Crippen MR) is 120 cm³/mol. The number of hydrogen-bond donors (Lipinski definition) is 0. The molecule has 0 spiro atoms. The van der Waals surface area contributed by atoms with Gasteiger partial charge in [-0.2, -0.15) is 0 Å². The summed E-state index contributed by atoms with van der Waals surface area (Å²) in [6.07, 6.45) is 1.93. The number of anilines is 1. The Morgan fingerprint density at radius 3 is 2.50 bits per heavy atom. The number of amides is 1. The third kappa shape index (κ3) is 2.92. The Morgan fingerprint density at radius 2 is 1.75 bits per heavy atom. The van der Waals surface area contributed by atoms with Gasteiger partial charge in [0.2, 0.25) is 0 Å². The van der Waals surface area contributed by atoms with Crippen LogP contribution in [0.4, 0.5) is 5.69 Å². The summed E-state index contributed by atoms with van der Waals surface area (Å²) in [6.45, 7) is 5.81. The van der Waals surface area contributed by atoms with E-state index in [4.69, 9.17) is 13.9 Å². The highest BCUT2D eigenvalue weighted by Crippen LogP contribution is 2.47. The minimum atomic E-state index is -0.703. The quantitative estimate of drug-likeness (QED) is 0.460. The number of ether oxygens (including phenoxy) is 2. The molecule has 0 unspecified atom stereocenters. The highest BCUT2D eigenvalue weighted by atomic mass is 16.5. The first kappa shape index (κ1) is 20.1. The summed E-state index contributed by atoms with van der Waals surface area (Å²) in [5.41, 5.74) is 2.65. The van der Waals surface area contributed by atoms with E-state index in [-0.39, 0.29) is 6.61 Å². The van der Waals surface area contributed by atoms with Crippen molar-refractivity contribution in [1.82, 2.24) is 0 Å². The fourth-order valence-corrected chi connectivity index (χ4v) is 4.50. The summed E-state index contributed by atoms with van der Waals surface area (Å²) in [6, 6.07) is 10.2. The van der Waals surface area contributed by atoms with E-state index in [0.29, 0.717) is 28.3 Å². The van der Waals surface area contributed by atoms with Crippen LogP contribution in [0.3, 0.4) is 0 Å². The van der Waals surface area contributed by atoms with Crippen LogP contribution in [0.1, 0.15) is 35.3 Å². The molecule has 2 aliphatic rings. The number of nitrogens with zero attached hydrogens (tertiary/aromatic N) is 1. The van der Waals surface area contributed by atoms with E-state index in [2.05, 4.69) is 0 Å². The molecule has 7 nitrogen and oxygen atoms in total. The van der Waals surface area contributed by atoms with Crippen LogP contribution < -0.4 is 20.0 Å². The molecule has 0 atom stereocenters. The maximum absolute atomic E-state index is 12.7. The number of rotatable bonds is 4. The van der Waals surface area contributed by atoms with Gasteiger partial charge in [-0.15, -0.1) is 0 Å². The largest absolute Gasteiger partial charge is 0.497 e. The fourth-order valence-electron chi connectivity index (χ4n) is 4.50. The maximum Gasteiger partial charge on any atom is 0.336 e. The molecule has 0 bridgehead atoms.